The van der Waals surface area contributed by atoms with E-state index in [1.54, 1.807) is 12.3 Å². The monoisotopic (exact) mass is 457 g/mol. The lowest BCUT2D eigenvalue weighted by atomic mass is 10.0. The second-order valence-corrected chi connectivity index (χ2v) is 8.43. The van der Waals surface area contributed by atoms with Gasteiger partial charge < -0.3 is 14.6 Å². The van der Waals surface area contributed by atoms with Gasteiger partial charge in [-0.1, -0.05) is 24.3 Å². The Bertz CT molecular complexity index is 1200. The smallest absolute Gasteiger partial charge is 0.165 e. The first-order valence-corrected chi connectivity index (χ1v) is 11.4. The summed E-state index contributed by atoms with van der Waals surface area (Å²) in [5.41, 5.74) is 3.83. The SMILES string of the molecule is C[C@@H](O)C(=O)Cc1cccc(Cc2nccc(-c3ccc(OC4CCOCC4)c(C#N)c3)n2)c1. The lowest BCUT2D eigenvalue weighted by molar-refractivity contribution is -0.125. The molecule has 4 rings (SSSR count). The fourth-order valence-corrected chi connectivity index (χ4v) is 3.88. The Morgan fingerprint density at radius 3 is 2.76 bits per heavy atom. The molecule has 1 aliphatic heterocycles. The van der Waals surface area contributed by atoms with Gasteiger partial charge >= 0.3 is 0 Å². The van der Waals surface area contributed by atoms with Crippen molar-refractivity contribution >= 4 is 5.78 Å². The number of aliphatic hydroxyl groups excluding tert-OH is 1. The van der Waals surface area contributed by atoms with Crippen LogP contribution in [0, 0.1) is 11.3 Å². The molecular formula is C27H27N3O4. The number of nitrogens with zero attached hydrogens (tertiary/aromatic N) is 3. The van der Waals surface area contributed by atoms with Gasteiger partial charge in [0.15, 0.2) is 5.78 Å². The number of nitriles is 1. The number of benzene rings is 2. The summed E-state index contributed by atoms with van der Waals surface area (Å²) >= 11 is 0. The van der Waals surface area contributed by atoms with E-state index >= 15 is 0 Å². The Labute approximate surface area is 199 Å². The lowest BCUT2D eigenvalue weighted by Gasteiger charge is -2.23. The minimum absolute atomic E-state index is 0.0593. The van der Waals surface area contributed by atoms with Crippen molar-refractivity contribution in [3.63, 3.8) is 0 Å². The van der Waals surface area contributed by atoms with Gasteiger partial charge in [0, 0.05) is 37.4 Å². The summed E-state index contributed by atoms with van der Waals surface area (Å²) in [7, 11) is 0. The molecule has 0 radical (unpaired) electrons. The van der Waals surface area contributed by atoms with Crippen LogP contribution in [0.3, 0.4) is 0 Å². The molecule has 0 amide bonds. The third-order valence-corrected chi connectivity index (χ3v) is 5.76. The van der Waals surface area contributed by atoms with E-state index in [9.17, 15) is 15.2 Å². The highest BCUT2D eigenvalue weighted by Crippen LogP contribution is 2.27. The first-order chi connectivity index (χ1) is 16.5. The van der Waals surface area contributed by atoms with Gasteiger partial charge in [-0.2, -0.15) is 5.26 Å². The number of Topliss-reactive ketones (excluding diaryl/α,β-unsaturated/α-hetero) is 1. The normalized spacial score (nSPS) is 14.9. The number of aromatic nitrogens is 2. The molecule has 1 atom stereocenters. The lowest BCUT2D eigenvalue weighted by Crippen LogP contribution is -2.26. The fraction of sp³-hybridized carbons (Fsp3) is 0.333. The van der Waals surface area contributed by atoms with Crippen LogP contribution in [0.4, 0.5) is 0 Å². The van der Waals surface area contributed by atoms with Gasteiger partial charge in [-0.05, 0) is 42.3 Å². The number of hydrogen-bond donors (Lipinski definition) is 1. The highest BCUT2D eigenvalue weighted by molar-refractivity contribution is 5.84. The van der Waals surface area contributed by atoms with Crippen LogP contribution in [0.25, 0.3) is 11.3 Å². The van der Waals surface area contributed by atoms with Crippen molar-refractivity contribution in [1.29, 1.82) is 5.26 Å². The molecule has 0 spiro atoms. The summed E-state index contributed by atoms with van der Waals surface area (Å²) in [6, 6.07) is 17.2. The van der Waals surface area contributed by atoms with E-state index < -0.39 is 6.10 Å². The predicted molar refractivity (Wildman–Crippen MR) is 126 cm³/mol. The van der Waals surface area contributed by atoms with Gasteiger partial charge in [0.25, 0.3) is 0 Å². The van der Waals surface area contributed by atoms with E-state index in [4.69, 9.17) is 14.5 Å². The summed E-state index contributed by atoms with van der Waals surface area (Å²) in [4.78, 5) is 20.9. The first kappa shape index (κ1) is 23.6. The average Bonchev–Trinajstić information content (AvgIpc) is 2.85. The van der Waals surface area contributed by atoms with Crippen LogP contribution in [0.1, 0.15) is 42.3 Å². The van der Waals surface area contributed by atoms with Crippen LogP contribution < -0.4 is 4.74 Å². The number of hydrogen-bond acceptors (Lipinski definition) is 7. The Balaban J connectivity index is 1.50. The van der Waals surface area contributed by atoms with E-state index in [-0.39, 0.29) is 18.3 Å². The molecule has 7 nitrogen and oxygen atoms in total. The van der Waals surface area contributed by atoms with Gasteiger partial charge in [0.05, 0.1) is 24.5 Å². The van der Waals surface area contributed by atoms with Crippen LogP contribution in [-0.2, 0) is 22.4 Å². The van der Waals surface area contributed by atoms with Crippen molar-refractivity contribution in [2.75, 3.05) is 13.2 Å². The van der Waals surface area contributed by atoms with Crippen molar-refractivity contribution in [2.45, 2.75) is 44.8 Å². The molecule has 2 heterocycles. The van der Waals surface area contributed by atoms with Crippen LogP contribution in [0.2, 0.25) is 0 Å². The van der Waals surface area contributed by atoms with Crippen molar-refractivity contribution in [1.82, 2.24) is 9.97 Å². The van der Waals surface area contributed by atoms with Crippen LogP contribution in [0.5, 0.6) is 5.75 Å². The zero-order chi connectivity index (χ0) is 23.9. The second kappa shape index (κ2) is 11.0. The van der Waals surface area contributed by atoms with E-state index in [2.05, 4.69) is 11.1 Å². The molecule has 3 aromatic rings. The topological polar surface area (TPSA) is 105 Å². The maximum Gasteiger partial charge on any atom is 0.165 e. The number of carbonyl (C=O) groups excluding carboxylic acids is 1. The Kier molecular flexibility index (Phi) is 7.63. The Morgan fingerprint density at radius 2 is 2.00 bits per heavy atom. The molecule has 1 saturated heterocycles. The largest absolute Gasteiger partial charge is 0.489 e. The highest BCUT2D eigenvalue weighted by atomic mass is 16.5. The van der Waals surface area contributed by atoms with Crippen molar-refractivity contribution in [3.05, 3.63) is 77.2 Å². The fourth-order valence-electron chi connectivity index (χ4n) is 3.88. The van der Waals surface area contributed by atoms with E-state index in [1.807, 2.05) is 42.5 Å². The summed E-state index contributed by atoms with van der Waals surface area (Å²) in [6.07, 6.45) is 3.11. The molecule has 2 aromatic carbocycles. The maximum absolute atomic E-state index is 11.9. The van der Waals surface area contributed by atoms with E-state index in [0.29, 0.717) is 36.8 Å². The number of ether oxygens (including phenoxy) is 2. The molecule has 7 heteroatoms. The molecule has 1 aliphatic rings. The van der Waals surface area contributed by atoms with Crippen molar-refractivity contribution in [2.24, 2.45) is 0 Å². The number of ketones is 1. The van der Waals surface area contributed by atoms with Gasteiger partial charge in [0.2, 0.25) is 0 Å². The first-order valence-electron chi connectivity index (χ1n) is 11.4. The minimum Gasteiger partial charge on any atom is -0.489 e. The van der Waals surface area contributed by atoms with Gasteiger partial charge in [0.1, 0.15) is 29.9 Å². The molecular weight excluding hydrogens is 430 g/mol. The minimum atomic E-state index is -0.976. The Morgan fingerprint density at radius 1 is 1.21 bits per heavy atom. The van der Waals surface area contributed by atoms with Gasteiger partial charge in [-0.25, -0.2) is 9.97 Å². The molecule has 1 N–H and O–H groups in total. The Hall–Kier alpha value is -3.60. The summed E-state index contributed by atoms with van der Waals surface area (Å²) < 4.78 is 11.4. The van der Waals surface area contributed by atoms with Crippen LogP contribution in [0.15, 0.2) is 54.7 Å². The molecule has 0 aliphatic carbocycles. The maximum atomic E-state index is 11.9. The third kappa shape index (κ3) is 6.04. The second-order valence-electron chi connectivity index (χ2n) is 8.43. The van der Waals surface area contributed by atoms with E-state index in [1.165, 1.54) is 6.92 Å². The predicted octanol–water partition coefficient (Wildman–Crippen LogP) is 3.66. The molecule has 0 saturated carbocycles. The van der Waals surface area contributed by atoms with Crippen molar-refractivity contribution < 1.29 is 19.4 Å². The summed E-state index contributed by atoms with van der Waals surface area (Å²) in [5, 5.41) is 19.1. The van der Waals surface area contributed by atoms with Gasteiger partial charge in [-0.15, -0.1) is 0 Å². The third-order valence-electron chi connectivity index (χ3n) is 5.76. The average molecular weight is 458 g/mol. The standard InChI is InChI=1S/C27H27N3O4/c1-18(31)25(32)14-19-3-2-4-20(13-19)15-27-29-10-7-24(30-27)21-5-6-26(22(16-21)17-28)34-23-8-11-33-12-9-23/h2-7,10,13,16,18,23,31H,8-9,11-12,14-15H2,1H3/t18-/m1/s1. The zero-order valence-corrected chi connectivity index (χ0v) is 19.1. The van der Waals surface area contributed by atoms with Crippen molar-refractivity contribution in [3.8, 4) is 23.1 Å². The van der Waals surface area contributed by atoms with E-state index in [0.717, 1.165) is 35.2 Å². The number of rotatable bonds is 8. The molecule has 174 valence electrons. The number of carbonyl (C=O) groups is 1. The van der Waals surface area contributed by atoms with Crippen LogP contribution in [-0.4, -0.2) is 46.3 Å². The zero-order valence-electron chi connectivity index (χ0n) is 19.1. The highest BCUT2D eigenvalue weighted by Gasteiger charge is 2.18. The molecule has 1 aromatic heterocycles. The number of aliphatic hydroxyl groups is 1. The molecule has 0 unspecified atom stereocenters. The molecule has 34 heavy (non-hydrogen) atoms. The molecule has 1 fully saturated rings. The molecule has 0 bridgehead atoms. The summed E-state index contributed by atoms with van der Waals surface area (Å²) in [5.74, 6) is 1.00. The quantitative estimate of drug-likeness (QED) is 0.550. The van der Waals surface area contributed by atoms with Gasteiger partial charge in [-0.3, -0.25) is 4.79 Å². The summed E-state index contributed by atoms with van der Waals surface area (Å²) in [6.45, 7) is 2.83. The van der Waals surface area contributed by atoms with Crippen LogP contribution >= 0.6 is 0 Å².